The second kappa shape index (κ2) is 10.8. The van der Waals surface area contributed by atoms with E-state index in [1.165, 1.54) is 18.2 Å². The van der Waals surface area contributed by atoms with Crippen molar-refractivity contribution in [2.75, 3.05) is 30.3 Å². The smallest absolute Gasteiger partial charge is 0.429 e. The van der Waals surface area contributed by atoms with Gasteiger partial charge >= 0.3 is 12.1 Å². The standard InChI is InChI=1S/C30H29F3N6O3/c31-30(32,33)26(19-3-1-18(2-4-19)20-5-6-22-16-35-10-7-21(22)13-20)42-25-14-24(37-28(34)38-25)39-11-8-29(9-12-39)15-23(27(40)41)36-17-29/h1-7,10,13-14,16,23,26,36H,8-9,11-12,15,17H2,(H,40,41)(H2,34,37,38)/t23?,26-/m1/s1. The average Bonchev–Trinajstić information content (AvgIpc) is 3.39. The van der Waals surface area contributed by atoms with Gasteiger partial charge in [-0.2, -0.15) is 23.1 Å². The Bertz CT molecular complexity index is 1610. The minimum Gasteiger partial charge on any atom is -0.480 e. The Kier molecular flexibility index (Phi) is 7.09. The molecule has 9 nitrogen and oxygen atoms in total. The molecule has 2 fully saturated rings. The predicted octanol–water partition coefficient (Wildman–Crippen LogP) is 4.99. The zero-order valence-corrected chi connectivity index (χ0v) is 22.5. The maximum atomic E-state index is 14.2. The number of aliphatic carboxylic acids is 1. The van der Waals surface area contributed by atoms with Crippen LogP contribution in [0.3, 0.4) is 0 Å². The van der Waals surface area contributed by atoms with E-state index in [-0.39, 0.29) is 22.8 Å². The summed E-state index contributed by atoms with van der Waals surface area (Å²) in [5, 5.41) is 14.3. The number of carbonyl (C=O) groups is 1. The van der Waals surface area contributed by atoms with E-state index >= 15 is 0 Å². The number of piperidine rings is 1. The molecule has 4 heterocycles. The van der Waals surface area contributed by atoms with E-state index < -0.39 is 24.3 Å². The van der Waals surface area contributed by atoms with Crippen LogP contribution >= 0.6 is 0 Å². The molecule has 4 aromatic rings. The largest absolute Gasteiger partial charge is 0.480 e. The number of nitrogens with zero attached hydrogens (tertiary/aromatic N) is 4. The van der Waals surface area contributed by atoms with Gasteiger partial charge in [-0.15, -0.1) is 0 Å². The van der Waals surface area contributed by atoms with E-state index in [1.807, 2.05) is 29.2 Å². The number of alkyl halides is 3. The molecule has 0 amide bonds. The fourth-order valence-electron chi connectivity index (χ4n) is 5.89. The highest BCUT2D eigenvalue weighted by atomic mass is 19.4. The molecule has 0 saturated carbocycles. The lowest BCUT2D eigenvalue weighted by Gasteiger charge is -2.39. The van der Waals surface area contributed by atoms with Crippen molar-refractivity contribution in [1.82, 2.24) is 20.3 Å². The van der Waals surface area contributed by atoms with Crippen LogP contribution < -0.4 is 20.7 Å². The topological polar surface area (TPSA) is 126 Å². The number of ether oxygens (including phenoxy) is 1. The number of carboxylic acid groups (broad SMARTS) is 1. The SMILES string of the molecule is Nc1nc(O[C@H](c2ccc(-c3ccc4cnccc4c3)cc2)C(F)(F)F)cc(N2CCC3(CC2)CNC(C(=O)O)C3)n1. The van der Waals surface area contributed by atoms with Gasteiger partial charge in [-0.25, -0.2) is 0 Å². The third kappa shape index (κ3) is 5.67. The van der Waals surface area contributed by atoms with Crippen LogP contribution in [0.25, 0.3) is 21.9 Å². The summed E-state index contributed by atoms with van der Waals surface area (Å²) in [4.78, 5) is 25.6. The molecule has 218 valence electrons. The summed E-state index contributed by atoms with van der Waals surface area (Å²) < 4.78 is 48.2. The van der Waals surface area contributed by atoms with Gasteiger partial charge in [-0.1, -0.05) is 36.4 Å². The number of anilines is 2. The summed E-state index contributed by atoms with van der Waals surface area (Å²) in [5.41, 5.74) is 7.32. The summed E-state index contributed by atoms with van der Waals surface area (Å²) in [5.74, 6) is -0.962. The van der Waals surface area contributed by atoms with Crippen molar-refractivity contribution in [1.29, 1.82) is 0 Å². The van der Waals surface area contributed by atoms with Gasteiger partial charge in [-0.3, -0.25) is 9.78 Å². The molecule has 12 heteroatoms. The second-order valence-electron chi connectivity index (χ2n) is 11.0. The molecule has 42 heavy (non-hydrogen) atoms. The Hall–Kier alpha value is -4.45. The minimum atomic E-state index is -4.72. The molecule has 2 aliphatic heterocycles. The number of nitrogen functional groups attached to an aromatic ring is 1. The summed E-state index contributed by atoms with van der Waals surface area (Å²) >= 11 is 0. The van der Waals surface area contributed by atoms with Crippen LogP contribution in [0.1, 0.15) is 30.9 Å². The zero-order valence-electron chi connectivity index (χ0n) is 22.5. The fourth-order valence-corrected chi connectivity index (χ4v) is 5.89. The highest BCUT2D eigenvalue weighted by Gasteiger charge is 2.45. The predicted molar refractivity (Wildman–Crippen MR) is 151 cm³/mol. The highest BCUT2D eigenvalue weighted by molar-refractivity contribution is 5.86. The Morgan fingerprint density at radius 2 is 1.79 bits per heavy atom. The van der Waals surface area contributed by atoms with Crippen molar-refractivity contribution < 1.29 is 27.8 Å². The summed E-state index contributed by atoms with van der Waals surface area (Å²) in [6.07, 6.45) is -1.56. The first-order chi connectivity index (χ1) is 20.1. The average molecular weight is 579 g/mol. The number of halogens is 3. The van der Waals surface area contributed by atoms with Crippen LogP contribution in [0.2, 0.25) is 0 Å². The summed E-state index contributed by atoms with van der Waals surface area (Å²) in [6, 6.07) is 14.5. The molecule has 2 aromatic heterocycles. The summed E-state index contributed by atoms with van der Waals surface area (Å²) in [6.45, 7) is 1.72. The van der Waals surface area contributed by atoms with Crippen molar-refractivity contribution in [2.24, 2.45) is 5.41 Å². The van der Waals surface area contributed by atoms with E-state index in [9.17, 15) is 23.1 Å². The first-order valence-electron chi connectivity index (χ1n) is 13.6. The number of hydrogen-bond donors (Lipinski definition) is 3. The van der Waals surface area contributed by atoms with E-state index in [1.54, 1.807) is 24.5 Å². The van der Waals surface area contributed by atoms with Gasteiger partial charge in [0.15, 0.2) is 0 Å². The van der Waals surface area contributed by atoms with Crippen LogP contribution in [-0.4, -0.2) is 57.9 Å². The molecular formula is C30H29F3N6O3. The van der Waals surface area contributed by atoms with Gasteiger partial charge in [-0.05, 0) is 53.3 Å². The molecule has 1 unspecified atom stereocenters. The van der Waals surface area contributed by atoms with Gasteiger partial charge in [0.25, 0.3) is 0 Å². The van der Waals surface area contributed by atoms with Crippen LogP contribution in [0.15, 0.2) is 67.0 Å². The molecule has 2 aliphatic rings. The molecule has 2 atom stereocenters. The normalized spacial score (nSPS) is 19.2. The molecule has 0 bridgehead atoms. The van der Waals surface area contributed by atoms with Crippen LogP contribution in [0.4, 0.5) is 24.9 Å². The summed E-state index contributed by atoms with van der Waals surface area (Å²) in [7, 11) is 0. The molecule has 1 spiro atoms. The molecule has 0 radical (unpaired) electrons. The maximum Gasteiger partial charge on any atom is 0.429 e. The van der Waals surface area contributed by atoms with Gasteiger partial charge in [0.2, 0.25) is 17.9 Å². The lowest BCUT2D eigenvalue weighted by molar-refractivity contribution is -0.198. The maximum absolute atomic E-state index is 14.2. The van der Waals surface area contributed by atoms with Gasteiger partial charge in [0.05, 0.1) is 0 Å². The van der Waals surface area contributed by atoms with Crippen molar-refractivity contribution >= 4 is 28.5 Å². The quantitative estimate of drug-likeness (QED) is 0.290. The molecule has 2 aromatic carbocycles. The number of benzene rings is 2. The van der Waals surface area contributed by atoms with Crippen LogP contribution in [0.5, 0.6) is 5.88 Å². The molecule has 2 saturated heterocycles. The fraction of sp³-hybridized carbons (Fsp3) is 0.333. The molecule has 0 aliphatic carbocycles. The molecular weight excluding hydrogens is 549 g/mol. The Morgan fingerprint density at radius 3 is 2.48 bits per heavy atom. The Morgan fingerprint density at radius 1 is 1.05 bits per heavy atom. The van der Waals surface area contributed by atoms with E-state index in [2.05, 4.69) is 20.3 Å². The first-order valence-corrected chi connectivity index (χ1v) is 13.6. The Labute approximate surface area is 239 Å². The number of pyridine rings is 1. The third-order valence-corrected chi connectivity index (χ3v) is 8.24. The lowest BCUT2D eigenvalue weighted by atomic mass is 9.76. The van der Waals surface area contributed by atoms with Crippen LogP contribution in [0, 0.1) is 5.41 Å². The van der Waals surface area contributed by atoms with Crippen molar-refractivity contribution in [3.63, 3.8) is 0 Å². The van der Waals surface area contributed by atoms with Gasteiger partial charge in [0.1, 0.15) is 11.9 Å². The molecule has 6 rings (SSSR count). The van der Waals surface area contributed by atoms with Gasteiger partial charge in [0, 0.05) is 49.0 Å². The lowest BCUT2D eigenvalue weighted by Crippen LogP contribution is -2.41. The number of nitrogens with one attached hydrogen (secondary N) is 1. The highest BCUT2D eigenvalue weighted by Crippen LogP contribution is 2.41. The van der Waals surface area contributed by atoms with Gasteiger partial charge < -0.3 is 25.8 Å². The van der Waals surface area contributed by atoms with E-state index in [0.717, 1.165) is 34.7 Å². The van der Waals surface area contributed by atoms with E-state index in [0.29, 0.717) is 31.9 Å². The number of fused-ring (bicyclic) bond motifs is 1. The monoisotopic (exact) mass is 578 g/mol. The molecule has 4 N–H and O–H groups in total. The first kappa shape index (κ1) is 27.7. The number of rotatable bonds is 6. The number of hydrogen-bond acceptors (Lipinski definition) is 8. The van der Waals surface area contributed by atoms with Crippen LogP contribution in [-0.2, 0) is 4.79 Å². The zero-order chi connectivity index (χ0) is 29.5. The number of aromatic nitrogens is 3. The Balaban J connectivity index is 1.19. The number of carboxylic acids is 1. The van der Waals surface area contributed by atoms with E-state index in [4.69, 9.17) is 10.5 Å². The van der Waals surface area contributed by atoms with Crippen molar-refractivity contribution in [2.45, 2.75) is 37.6 Å². The minimum absolute atomic E-state index is 0.0726. The van der Waals surface area contributed by atoms with Crippen molar-refractivity contribution in [3.8, 4) is 17.0 Å². The third-order valence-electron chi connectivity index (χ3n) is 8.24. The number of nitrogens with two attached hydrogens (primary N) is 1. The second-order valence-corrected chi connectivity index (χ2v) is 11.0. The van der Waals surface area contributed by atoms with Crippen molar-refractivity contribution in [3.05, 3.63) is 72.6 Å².